The number of nitrogens with zero attached hydrogens (tertiary/aromatic N) is 4. The highest BCUT2D eigenvalue weighted by molar-refractivity contribution is 7.17. The number of para-hydroxylation sites is 1. The monoisotopic (exact) mass is 408 g/mol. The number of benzene rings is 2. The molecule has 0 bridgehead atoms. The van der Waals surface area contributed by atoms with Crippen molar-refractivity contribution in [1.82, 2.24) is 9.97 Å². The quantitative estimate of drug-likeness (QED) is 0.479. The first-order valence-corrected chi connectivity index (χ1v) is 10.3. The highest BCUT2D eigenvalue weighted by atomic mass is 32.1. The molecular weight excluding hydrogens is 390 g/mol. The van der Waals surface area contributed by atoms with E-state index in [4.69, 9.17) is 0 Å². The van der Waals surface area contributed by atoms with Gasteiger partial charge in [0.2, 0.25) is 0 Å². The summed E-state index contributed by atoms with van der Waals surface area (Å²) < 4.78 is 27.5. The number of piperazine rings is 1. The van der Waals surface area contributed by atoms with Crippen LogP contribution < -0.4 is 9.80 Å². The van der Waals surface area contributed by atoms with Crippen molar-refractivity contribution in [2.75, 3.05) is 36.0 Å². The van der Waals surface area contributed by atoms with Crippen molar-refractivity contribution in [3.05, 3.63) is 71.9 Å². The standard InChI is InChI=1S/C22H18F2N4S/c23-16-7-5-15(6-8-16)17-13-29-22-20(17)21(25-14-26-22)28-11-9-27(10-12-28)19-4-2-1-3-18(19)24/h1-8,13-14H,9-12H2. The lowest BCUT2D eigenvalue weighted by Gasteiger charge is -2.37. The Morgan fingerprint density at radius 3 is 2.31 bits per heavy atom. The maximum absolute atomic E-state index is 14.1. The lowest BCUT2D eigenvalue weighted by molar-refractivity contribution is 0.596. The van der Waals surface area contributed by atoms with Gasteiger partial charge in [-0.3, -0.25) is 0 Å². The van der Waals surface area contributed by atoms with Crippen LogP contribution in [-0.2, 0) is 0 Å². The molecule has 1 fully saturated rings. The topological polar surface area (TPSA) is 32.3 Å². The van der Waals surface area contributed by atoms with Crippen molar-refractivity contribution in [3.8, 4) is 11.1 Å². The first kappa shape index (κ1) is 18.0. The lowest BCUT2D eigenvalue weighted by atomic mass is 10.1. The van der Waals surface area contributed by atoms with Gasteiger partial charge in [0.25, 0.3) is 0 Å². The molecule has 0 amide bonds. The van der Waals surface area contributed by atoms with Crippen LogP contribution in [0.3, 0.4) is 0 Å². The summed E-state index contributed by atoms with van der Waals surface area (Å²) in [5.74, 6) is 0.430. The van der Waals surface area contributed by atoms with Crippen molar-refractivity contribution in [1.29, 1.82) is 0 Å². The van der Waals surface area contributed by atoms with Gasteiger partial charge in [-0.1, -0.05) is 24.3 Å². The summed E-state index contributed by atoms with van der Waals surface area (Å²) in [5, 5.41) is 3.04. The highest BCUT2D eigenvalue weighted by Crippen LogP contribution is 2.38. The molecule has 7 heteroatoms. The second-order valence-electron chi connectivity index (χ2n) is 6.96. The van der Waals surface area contributed by atoms with Crippen LogP contribution in [0.15, 0.2) is 60.2 Å². The Balaban J connectivity index is 1.46. The van der Waals surface area contributed by atoms with E-state index in [0.29, 0.717) is 18.8 Å². The third kappa shape index (κ3) is 3.31. The number of anilines is 2. The van der Waals surface area contributed by atoms with E-state index in [1.165, 1.54) is 18.2 Å². The minimum atomic E-state index is -0.256. The van der Waals surface area contributed by atoms with Gasteiger partial charge in [0, 0.05) is 37.1 Å². The van der Waals surface area contributed by atoms with Crippen LogP contribution in [0.1, 0.15) is 0 Å². The molecule has 0 atom stereocenters. The summed E-state index contributed by atoms with van der Waals surface area (Å²) in [5.41, 5.74) is 2.60. The van der Waals surface area contributed by atoms with Gasteiger partial charge in [-0.05, 0) is 29.8 Å². The van der Waals surface area contributed by atoms with Crippen molar-refractivity contribution < 1.29 is 8.78 Å². The predicted octanol–water partition coefficient (Wildman–Crippen LogP) is 4.96. The molecule has 0 unspecified atom stereocenters. The highest BCUT2D eigenvalue weighted by Gasteiger charge is 2.23. The van der Waals surface area contributed by atoms with E-state index >= 15 is 0 Å². The van der Waals surface area contributed by atoms with Crippen molar-refractivity contribution >= 4 is 33.1 Å². The summed E-state index contributed by atoms with van der Waals surface area (Å²) in [6.07, 6.45) is 1.59. The molecular formula is C22H18F2N4S. The smallest absolute Gasteiger partial charge is 0.146 e. The maximum Gasteiger partial charge on any atom is 0.146 e. The van der Waals surface area contributed by atoms with E-state index in [1.807, 2.05) is 17.5 Å². The molecule has 5 rings (SSSR count). The third-order valence-corrected chi connectivity index (χ3v) is 6.16. The molecule has 0 spiro atoms. The van der Waals surface area contributed by atoms with Gasteiger partial charge >= 0.3 is 0 Å². The number of thiophene rings is 1. The Hall–Kier alpha value is -3.06. The largest absolute Gasteiger partial charge is 0.366 e. The average Bonchev–Trinajstić information content (AvgIpc) is 3.19. The molecule has 3 heterocycles. The zero-order valence-corrected chi connectivity index (χ0v) is 16.4. The number of aromatic nitrogens is 2. The minimum Gasteiger partial charge on any atom is -0.366 e. The predicted molar refractivity (Wildman–Crippen MR) is 114 cm³/mol. The van der Waals surface area contributed by atoms with Gasteiger partial charge in [0.1, 0.15) is 28.6 Å². The zero-order chi connectivity index (χ0) is 19.8. The van der Waals surface area contributed by atoms with Crippen LogP contribution in [0.4, 0.5) is 20.3 Å². The molecule has 0 aliphatic carbocycles. The molecule has 0 radical (unpaired) electrons. The van der Waals surface area contributed by atoms with Crippen LogP contribution in [-0.4, -0.2) is 36.1 Å². The summed E-state index contributed by atoms with van der Waals surface area (Å²) in [6.45, 7) is 2.89. The summed E-state index contributed by atoms with van der Waals surface area (Å²) in [7, 11) is 0. The summed E-state index contributed by atoms with van der Waals surface area (Å²) in [4.78, 5) is 14.2. The van der Waals surface area contributed by atoms with E-state index in [1.54, 1.807) is 35.9 Å². The fourth-order valence-electron chi connectivity index (χ4n) is 3.81. The molecule has 146 valence electrons. The van der Waals surface area contributed by atoms with E-state index in [2.05, 4.69) is 19.8 Å². The number of rotatable bonds is 3. The maximum atomic E-state index is 14.1. The van der Waals surface area contributed by atoms with Crippen molar-refractivity contribution in [2.45, 2.75) is 0 Å². The summed E-state index contributed by atoms with van der Waals surface area (Å²) in [6, 6.07) is 13.4. The van der Waals surface area contributed by atoms with Crippen LogP contribution in [0.5, 0.6) is 0 Å². The summed E-state index contributed by atoms with van der Waals surface area (Å²) >= 11 is 1.56. The molecule has 2 aromatic heterocycles. The Labute approximate surface area is 171 Å². The fourth-order valence-corrected chi connectivity index (χ4v) is 4.72. The first-order valence-electron chi connectivity index (χ1n) is 9.43. The first-order chi connectivity index (χ1) is 14.2. The number of halogens is 2. The second-order valence-corrected chi connectivity index (χ2v) is 7.82. The van der Waals surface area contributed by atoms with Crippen LogP contribution in [0.2, 0.25) is 0 Å². The number of hydrogen-bond donors (Lipinski definition) is 0. The van der Waals surface area contributed by atoms with E-state index < -0.39 is 0 Å². The van der Waals surface area contributed by atoms with Crippen LogP contribution >= 0.6 is 11.3 Å². The van der Waals surface area contributed by atoms with E-state index in [-0.39, 0.29) is 11.6 Å². The molecule has 0 N–H and O–H groups in total. The molecule has 1 aliphatic rings. The van der Waals surface area contributed by atoms with Gasteiger partial charge in [0.15, 0.2) is 0 Å². The Morgan fingerprint density at radius 1 is 0.828 bits per heavy atom. The SMILES string of the molecule is Fc1ccc(-c2csc3ncnc(N4CCN(c5ccccc5F)CC4)c23)cc1. The average molecular weight is 408 g/mol. The minimum absolute atomic E-state index is 0.193. The normalized spacial score (nSPS) is 14.6. The number of fused-ring (bicyclic) bond motifs is 1. The van der Waals surface area contributed by atoms with E-state index in [0.717, 1.165) is 40.3 Å². The fraction of sp³-hybridized carbons (Fsp3) is 0.182. The molecule has 1 saturated heterocycles. The van der Waals surface area contributed by atoms with Crippen LogP contribution in [0, 0.1) is 11.6 Å². The zero-order valence-electron chi connectivity index (χ0n) is 15.6. The molecule has 29 heavy (non-hydrogen) atoms. The second kappa shape index (κ2) is 7.40. The third-order valence-electron chi connectivity index (χ3n) is 5.28. The molecule has 4 nitrogen and oxygen atoms in total. The van der Waals surface area contributed by atoms with E-state index in [9.17, 15) is 8.78 Å². The lowest BCUT2D eigenvalue weighted by Crippen LogP contribution is -2.47. The van der Waals surface area contributed by atoms with Crippen molar-refractivity contribution in [2.24, 2.45) is 0 Å². The van der Waals surface area contributed by atoms with Crippen LogP contribution in [0.25, 0.3) is 21.3 Å². The molecule has 0 saturated carbocycles. The van der Waals surface area contributed by atoms with Crippen molar-refractivity contribution in [3.63, 3.8) is 0 Å². The Kier molecular flexibility index (Phi) is 4.60. The molecule has 2 aromatic carbocycles. The van der Waals surface area contributed by atoms with Gasteiger partial charge in [-0.15, -0.1) is 11.3 Å². The van der Waals surface area contributed by atoms with Gasteiger partial charge in [-0.2, -0.15) is 0 Å². The number of hydrogen-bond acceptors (Lipinski definition) is 5. The molecule has 4 aromatic rings. The Morgan fingerprint density at radius 2 is 1.55 bits per heavy atom. The van der Waals surface area contributed by atoms with Gasteiger partial charge in [0.05, 0.1) is 11.1 Å². The molecule has 1 aliphatic heterocycles. The van der Waals surface area contributed by atoms with Gasteiger partial charge < -0.3 is 9.80 Å². The Bertz CT molecular complexity index is 1150. The van der Waals surface area contributed by atoms with Gasteiger partial charge in [-0.25, -0.2) is 18.7 Å².